The van der Waals surface area contributed by atoms with Gasteiger partial charge in [-0.25, -0.2) is 9.78 Å². The first kappa shape index (κ1) is 14.9. The molecule has 21 heavy (non-hydrogen) atoms. The minimum absolute atomic E-state index is 0.0586. The Morgan fingerprint density at radius 2 is 2.14 bits per heavy atom. The topological polar surface area (TPSA) is 104 Å². The second-order valence-corrected chi connectivity index (χ2v) is 4.66. The summed E-state index contributed by atoms with van der Waals surface area (Å²) in [6.45, 7) is 0.622. The molecule has 0 atom stereocenters. The standard InChI is InChI=1S/C13H12ClN3O4/c14-8-1-2-9(11(18)5-8)12(19)15-3-4-17-6-10(13(20)21)16-7-17/h1-2,5-7,18H,3-4H2,(H,15,19)(H,20,21). The average molecular weight is 310 g/mol. The molecule has 110 valence electrons. The van der Waals surface area contributed by atoms with Crippen LogP contribution >= 0.6 is 11.6 Å². The quantitative estimate of drug-likeness (QED) is 0.773. The fraction of sp³-hybridized carbons (Fsp3) is 0.154. The maximum absolute atomic E-state index is 11.8. The van der Waals surface area contributed by atoms with E-state index in [-0.39, 0.29) is 23.6 Å². The van der Waals surface area contributed by atoms with Crippen LogP contribution in [-0.2, 0) is 6.54 Å². The Balaban J connectivity index is 1.90. The fourth-order valence-electron chi connectivity index (χ4n) is 1.68. The van der Waals surface area contributed by atoms with Crippen LogP contribution in [0, 0.1) is 0 Å². The number of nitrogens with zero attached hydrogens (tertiary/aromatic N) is 2. The van der Waals surface area contributed by atoms with Crippen LogP contribution in [-0.4, -0.2) is 38.2 Å². The molecular weight excluding hydrogens is 298 g/mol. The number of nitrogens with one attached hydrogen (secondary N) is 1. The number of carbonyl (C=O) groups is 2. The Hall–Kier alpha value is -2.54. The molecule has 0 aliphatic heterocycles. The lowest BCUT2D eigenvalue weighted by Gasteiger charge is -2.07. The van der Waals surface area contributed by atoms with E-state index in [9.17, 15) is 14.7 Å². The predicted octanol–water partition coefficient (Wildman–Crippen LogP) is 1.37. The number of rotatable bonds is 5. The Morgan fingerprint density at radius 3 is 2.76 bits per heavy atom. The van der Waals surface area contributed by atoms with Gasteiger partial charge in [0.25, 0.3) is 5.91 Å². The van der Waals surface area contributed by atoms with E-state index >= 15 is 0 Å². The zero-order chi connectivity index (χ0) is 15.4. The van der Waals surface area contributed by atoms with Gasteiger partial charge in [-0.2, -0.15) is 0 Å². The molecule has 0 fully saturated rings. The van der Waals surface area contributed by atoms with E-state index in [0.29, 0.717) is 11.6 Å². The highest BCUT2D eigenvalue weighted by molar-refractivity contribution is 6.30. The number of benzene rings is 1. The van der Waals surface area contributed by atoms with Crippen molar-refractivity contribution in [2.45, 2.75) is 6.54 Å². The third-order valence-corrected chi connectivity index (χ3v) is 2.95. The smallest absolute Gasteiger partial charge is 0.356 e. The van der Waals surface area contributed by atoms with Crippen molar-refractivity contribution >= 4 is 23.5 Å². The summed E-state index contributed by atoms with van der Waals surface area (Å²) in [6.07, 6.45) is 2.74. The van der Waals surface area contributed by atoms with Crippen molar-refractivity contribution in [3.05, 3.63) is 47.0 Å². The fourth-order valence-corrected chi connectivity index (χ4v) is 1.85. The molecule has 1 heterocycles. The van der Waals surface area contributed by atoms with Crippen LogP contribution in [0.4, 0.5) is 0 Å². The van der Waals surface area contributed by atoms with Gasteiger partial charge < -0.3 is 20.1 Å². The maximum Gasteiger partial charge on any atom is 0.356 e. The van der Waals surface area contributed by atoms with Gasteiger partial charge in [-0.05, 0) is 18.2 Å². The van der Waals surface area contributed by atoms with E-state index in [1.165, 1.54) is 30.7 Å². The van der Waals surface area contributed by atoms with Crippen LogP contribution < -0.4 is 5.32 Å². The van der Waals surface area contributed by atoms with Crippen molar-refractivity contribution in [1.29, 1.82) is 0 Å². The summed E-state index contributed by atoms with van der Waals surface area (Å²) in [5.41, 5.74) is 0.0629. The second-order valence-electron chi connectivity index (χ2n) is 4.22. The third-order valence-electron chi connectivity index (χ3n) is 2.71. The summed E-state index contributed by atoms with van der Waals surface area (Å²) >= 11 is 5.68. The van der Waals surface area contributed by atoms with Crippen molar-refractivity contribution in [3.63, 3.8) is 0 Å². The van der Waals surface area contributed by atoms with Crippen LogP contribution in [0.15, 0.2) is 30.7 Å². The number of aromatic hydroxyl groups is 1. The largest absolute Gasteiger partial charge is 0.507 e. The summed E-state index contributed by atoms with van der Waals surface area (Å²) < 4.78 is 1.55. The Bertz CT molecular complexity index is 684. The Kier molecular flexibility index (Phi) is 4.44. The number of carboxylic acid groups (broad SMARTS) is 1. The number of halogens is 1. The van der Waals surface area contributed by atoms with Gasteiger partial charge in [-0.1, -0.05) is 11.6 Å². The molecule has 0 unspecified atom stereocenters. The normalized spacial score (nSPS) is 10.3. The molecule has 1 aromatic heterocycles. The van der Waals surface area contributed by atoms with Crippen molar-refractivity contribution in [3.8, 4) is 5.75 Å². The summed E-state index contributed by atoms with van der Waals surface area (Å²) in [5, 5.41) is 21.3. The van der Waals surface area contributed by atoms with Gasteiger partial charge in [0.15, 0.2) is 5.69 Å². The monoisotopic (exact) mass is 309 g/mol. The van der Waals surface area contributed by atoms with Crippen molar-refractivity contribution < 1.29 is 19.8 Å². The van der Waals surface area contributed by atoms with Gasteiger partial charge in [0, 0.05) is 24.3 Å². The first-order chi connectivity index (χ1) is 9.97. The van der Waals surface area contributed by atoms with E-state index in [0.717, 1.165) is 0 Å². The van der Waals surface area contributed by atoms with E-state index in [2.05, 4.69) is 10.3 Å². The van der Waals surface area contributed by atoms with Gasteiger partial charge in [-0.15, -0.1) is 0 Å². The molecule has 7 nitrogen and oxygen atoms in total. The summed E-state index contributed by atoms with van der Waals surface area (Å²) in [5.74, 6) is -1.75. The number of hydrogen-bond acceptors (Lipinski definition) is 4. The molecule has 0 aliphatic rings. The summed E-state index contributed by atoms with van der Waals surface area (Å²) in [7, 11) is 0. The number of phenolic OH excluding ortho intramolecular Hbond substituents is 1. The number of carboxylic acids is 1. The van der Waals surface area contributed by atoms with E-state index in [1.807, 2.05) is 0 Å². The first-order valence-corrected chi connectivity index (χ1v) is 6.37. The SMILES string of the molecule is O=C(O)c1cn(CCNC(=O)c2ccc(Cl)cc2O)cn1. The highest BCUT2D eigenvalue weighted by Gasteiger charge is 2.11. The molecule has 0 bridgehead atoms. The first-order valence-electron chi connectivity index (χ1n) is 5.99. The molecule has 0 aliphatic carbocycles. The Labute approximate surface area is 124 Å². The molecule has 0 radical (unpaired) electrons. The van der Waals surface area contributed by atoms with Crippen molar-refractivity contribution in [1.82, 2.24) is 14.9 Å². The Morgan fingerprint density at radius 1 is 1.38 bits per heavy atom. The zero-order valence-corrected chi connectivity index (χ0v) is 11.5. The van der Waals surface area contributed by atoms with Crippen LogP contribution in [0.1, 0.15) is 20.8 Å². The molecule has 2 rings (SSSR count). The van der Waals surface area contributed by atoms with Crippen LogP contribution in [0.3, 0.4) is 0 Å². The second kappa shape index (κ2) is 6.27. The van der Waals surface area contributed by atoms with E-state index in [4.69, 9.17) is 16.7 Å². The molecule has 0 saturated heterocycles. The molecule has 1 aromatic carbocycles. The lowest BCUT2D eigenvalue weighted by molar-refractivity contribution is 0.0690. The number of phenols is 1. The molecule has 1 amide bonds. The van der Waals surface area contributed by atoms with Crippen LogP contribution in [0.2, 0.25) is 5.02 Å². The summed E-state index contributed by atoms with van der Waals surface area (Å²) in [6, 6.07) is 4.21. The molecule has 0 saturated carbocycles. The number of amides is 1. The number of carbonyl (C=O) groups excluding carboxylic acids is 1. The van der Waals surface area contributed by atoms with Crippen LogP contribution in [0.5, 0.6) is 5.75 Å². The number of hydrogen-bond donors (Lipinski definition) is 3. The minimum Gasteiger partial charge on any atom is -0.507 e. The van der Waals surface area contributed by atoms with E-state index in [1.54, 1.807) is 4.57 Å². The predicted molar refractivity (Wildman–Crippen MR) is 74.6 cm³/mol. The highest BCUT2D eigenvalue weighted by atomic mass is 35.5. The lowest BCUT2D eigenvalue weighted by atomic mass is 10.2. The average Bonchev–Trinajstić information content (AvgIpc) is 2.87. The van der Waals surface area contributed by atoms with Crippen molar-refractivity contribution in [2.24, 2.45) is 0 Å². The van der Waals surface area contributed by atoms with Gasteiger partial charge in [0.2, 0.25) is 0 Å². The summed E-state index contributed by atoms with van der Waals surface area (Å²) in [4.78, 5) is 26.2. The number of aromatic nitrogens is 2. The van der Waals surface area contributed by atoms with Gasteiger partial charge in [-0.3, -0.25) is 4.79 Å². The third kappa shape index (κ3) is 3.73. The van der Waals surface area contributed by atoms with Gasteiger partial charge >= 0.3 is 5.97 Å². The molecule has 2 aromatic rings. The van der Waals surface area contributed by atoms with Crippen LogP contribution in [0.25, 0.3) is 0 Å². The molecule has 3 N–H and O–H groups in total. The highest BCUT2D eigenvalue weighted by Crippen LogP contribution is 2.21. The number of imidazole rings is 1. The lowest BCUT2D eigenvalue weighted by Crippen LogP contribution is -2.27. The van der Waals surface area contributed by atoms with Gasteiger partial charge in [0.05, 0.1) is 11.9 Å². The molecule has 8 heteroatoms. The number of aromatic carboxylic acids is 1. The molecule has 0 spiro atoms. The zero-order valence-electron chi connectivity index (χ0n) is 10.8. The van der Waals surface area contributed by atoms with E-state index < -0.39 is 11.9 Å². The van der Waals surface area contributed by atoms with Crippen molar-refractivity contribution in [2.75, 3.05) is 6.54 Å². The maximum atomic E-state index is 11.8. The molecular formula is C13H12ClN3O4. The van der Waals surface area contributed by atoms with Gasteiger partial charge in [0.1, 0.15) is 5.75 Å². The minimum atomic E-state index is -1.11.